The van der Waals surface area contributed by atoms with Crippen LogP contribution in [0.4, 0.5) is 0 Å². The topological polar surface area (TPSA) is 98.8 Å². The molecule has 2 N–H and O–H groups in total. The Morgan fingerprint density at radius 1 is 1.33 bits per heavy atom. The summed E-state index contributed by atoms with van der Waals surface area (Å²) in [5.74, 6) is 0. The molecule has 0 saturated carbocycles. The largest absolute Gasteiger partial charge is 0.303 e. The van der Waals surface area contributed by atoms with Crippen LogP contribution in [0.25, 0.3) is 5.53 Å². The molecule has 0 amide bonds. The van der Waals surface area contributed by atoms with Gasteiger partial charge in [0.15, 0.2) is 0 Å². The molecule has 1 aromatic rings. The highest BCUT2D eigenvalue weighted by Gasteiger charge is 1.98. The minimum atomic E-state index is 0.402. The summed E-state index contributed by atoms with van der Waals surface area (Å²) in [6, 6.07) is 9.48. The number of nitrogens with zero attached hydrogens (tertiary/aromatic N) is 4. The van der Waals surface area contributed by atoms with Crippen LogP contribution in [0.1, 0.15) is 5.56 Å². The molecular weight excluding hydrogens is 196 g/mol. The first-order valence-electron chi connectivity index (χ1n) is 4.10. The van der Waals surface area contributed by atoms with Gasteiger partial charge in [0.1, 0.15) is 6.54 Å². The summed E-state index contributed by atoms with van der Waals surface area (Å²) in [5.41, 5.74) is 17.5. The molecule has 7 heteroatoms. The molecular formula is C8H10N6O. The molecule has 0 spiro atoms. The van der Waals surface area contributed by atoms with Crippen LogP contribution in [0, 0.1) is 11.1 Å². The van der Waals surface area contributed by atoms with E-state index in [1.807, 2.05) is 30.3 Å². The molecule has 0 bridgehead atoms. The molecule has 0 radical (unpaired) electrons. The maximum absolute atomic E-state index is 6.60. The van der Waals surface area contributed by atoms with E-state index in [1.165, 1.54) is 4.68 Å². The van der Waals surface area contributed by atoms with Crippen molar-refractivity contribution in [3.05, 3.63) is 41.4 Å². The van der Waals surface area contributed by atoms with Gasteiger partial charge in [-0.1, -0.05) is 35.9 Å². The smallest absolute Gasteiger partial charge is 0.281 e. The van der Waals surface area contributed by atoms with Gasteiger partial charge in [0.25, 0.3) is 6.40 Å². The van der Waals surface area contributed by atoms with Gasteiger partial charge in [0, 0.05) is 5.28 Å². The third-order valence-electron chi connectivity index (χ3n) is 1.57. The van der Waals surface area contributed by atoms with E-state index >= 15 is 0 Å². The molecule has 0 fully saturated rings. The number of nitrogens with one attached hydrogen (secondary N) is 2. The maximum Gasteiger partial charge on any atom is 0.281 e. The Morgan fingerprint density at radius 2 is 2.07 bits per heavy atom. The molecule has 0 aromatic heterocycles. The fourth-order valence-electron chi connectivity index (χ4n) is 0.996. The molecule has 0 aliphatic rings. The van der Waals surface area contributed by atoms with Gasteiger partial charge in [-0.2, -0.15) is 10.2 Å². The van der Waals surface area contributed by atoms with E-state index in [1.54, 1.807) is 0 Å². The molecule has 0 atom stereocenters. The van der Waals surface area contributed by atoms with E-state index in [4.69, 9.17) is 11.1 Å². The van der Waals surface area contributed by atoms with Crippen molar-refractivity contribution in [2.24, 2.45) is 10.5 Å². The maximum atomic E-state index is 6.60. The fourth-order valence-corrected chi connectivity index (χ4v) is 0.996. The molecule has 7 nitrogen and oxygen atoms in total. The zero-order valence-corrected chi connectivity index (χ0v) is 7.87. The van der Waals surface area contributed by atoms with Crippen LogP contribution in [0.15, 0.2) is 40.8 Å². The van der Waals surface area contributed by atoms with Crippen LogP contribution in [0.5, 0.6) is 0 Å². The third kappa shape index (κ3) is 3.94. The minimum Gasteiger partial charge on any atom is -0.303 e. The SMILES string of the molecule is N=N[N-]/[N+](=C/ON=N)Cc1ccccc1. The van der Waals surface area contributed by atoms with E-state index < -0.39 is 0 Å². The van der Waals surface area contributed by atoms with Crippen molar-refractivity contribution in [1.29, 1.82) is 11.1 Å². The lowest BCUT2D eigenvalue weighted by Gasteiger charge is -2.04. The van der Waals surface area contributed by atoms with E-state index in [9.17, 15) is 0 Å². The second-order valence-corrected chi connectivity index (χ2v) is 2.57. The minimum absolute atomic E-state index is 0.402. The second-order valence-electron chi connectivity index (χ2n) is 2.57. The van der Waals surface area contributed by atoms with Crippen LogP contribution in [-0.2, 0) is 11.4 Å². The zero-order valence-electron chi connectivity index (χ0n) is 7.87. The van der Waals surface area contributed by atoms with Crippen molar-refractivity contribution in [2.45, 2.75) is 6.54 Å². The highest BCUT2D eigenvalue weighted by molar-refractivity contribution is 5.39. The van der Waals surface area contributed by atoms with Crippen molar-refractivity contribution in [2.75, 3.05) is 0 Å². The highest BCUT2D eigenvalue weighted by Crippen LogP contribution is 2.03. The molecule has 15 heavy (non-hydrogen) atoms. The molecule has 0 saturated heterocycles. The summed E-state index contributed by atoms with van der Waals surface area (Å²) >= 11 is 0. The Kier molecular flexibility index (Phi) is 4.44. The third-order valence-corrected chi connectivity index (χ3v) is 1.57. The quantitative estimate of drug-likeness (QED) is 0.241. The van der Waals surface area contributed by atoms with Gasteiger partial charge < -0.3 is 4.84 Å². The Labute approximate surface area is 86.3 Å². The van der Waals surface area contributed by atoms with Crippen molar-refractivity contribution < 1.29 is 9.52 Å². The number of hydrogen-bond acceptors (Lipinski definition) is 5. The van der Waals surface area contributed by atoms with Crippen LogP contribution in [-0.4, -0.2) is 11.1 Å². The molecule has 78 valence electrons. The lowest BCUT2D eigenvalue weighted by Crippen LogP contribution is -2.07. The fraction of sp³-hybridized carbons (Fsp3) is 0.125. The van der Waals surface area contributed by atoms with Gasteiger partial charge in [-0.05, 0) is 10.8 Å². The number of rotatable bonds is 6. The van der Waals surface area contributed by atoms with Crippen LogP contribution < -0.4 is 0 Å². The molecule has 0 heterocycles. The van der Waals surface area contributed by atoms with Crippen molar-refractivity contribution in [3.63, 3.8) is 0 Å². The van der Waals surface area contributed by atoms with E-state index in [-0.39, 0.29) is 0 Å². The number of benzene rings is 1. The average Bonchev–Trinajstić information content (AvgIpc) is 2.28. The molecule has 0 aliphatic heterocycles. The van der Waals surface area contributed by atoms with Crippen LogP contribution in [0.3, 0.4) is 0 Å². The Hall–Kier alpha value is -2.31. The predicted molar refractivity (Wildman–Crippen MR) is 51.2 cm³/mol. The molecule has 1 rings (SSSR count). The van der Waals surface area contributed by atoms with E-state index in [2.05, 4.69) is 20.9 Å². The van der Waals surface area contributed by atoms with Crippen molar-refractivity contribution >= 4 is 6.40 Å². The molecule has 0 unspecified atom stereocenters. The van der Waals surface area contributed by atoms with Crippen molar-refractivity contribution in [1.82, 2.24) is 0 Å². The Bertz CT molecular complexity index is 349. The zero-order chi connectivity index (χ0) is 10.9. The van der Waals surface area contributed by atoms with Gasteiger partial charge in [-0.25, -0.2) is 0 Å². The molecule has 0 aliphatic carbocycles. The summed E-state index contributed by atoms with van der Waals surface area (Å²) in [6.07, 6.45) is 1.11. The van der Waals surface area contributed by atoms with E-state index in [0.717, 1.165) is 12.0 Å². The lowest BCUT2D eigenvalue weighted by molar-refractivity contribution is -0.501. The first kappa shape index (κ1) is 10.8. The van der Waals surface area contributed by atoms with E-state index in [0.29, 0.717) is 6.54 Å². The van der Waals surface area contributed by atoms with Gasteiger partial charge in [-0.3, -0.25) is 5.53 Å². The monoisotopic (exact) mass is 206 g/mol. The summed E-state index contributed by atoms with van der Waals surface area (Å²) in [7, 11) is 0. The summed E-state index contributed by atoms with van der Waals surface area (Å²) < 4.78 is 1.26. The van der Waals surface area contributed by atoms with Crippen LogP contribution >= 0.6 is 0 Å². The highest BCUT2D eigenvalue weighted by atomic mass is 16.6. The van der Waals surface area contributed by atoms with Crippen molar-refractivity contribution in [3.8, 4) is 0 Å². The summed E-state index contributed by atoms with van der Waals surface area (Å²) in [4.78, 5) is 4.38. The van der Waals surface area contributed by atoms with Gasteiger partial charge >= 0.3 is 0 Å². The van der Waals surface area contributed by atoms with Crippen LogP contribution in [0.2, 0.25) is 0 Å². The second kappa shape index (κ2) is 6.19. The van der Waals surface area contributed by atoms with Gasteiger partial charge in [0.2, 0.25) is 0 Å². The first-order valence-corrected chi connectivity index (χ1v) is 4.10. The average molecular weight is 206 g/mol. The first-order chi connectivity index (χ1) is 7.36. The molecule has 1 aromatic carbocycles. The summed E-state index contributed by atoms with van der Waals surface area (Å²) in [6.45, 7) is 0.402. The Balaban J connectivity index is 2.66. The van der Waals surface area contributed by atoms with Gasteiger partial charge in [-0.15, -0.1) is 0 Å². The predicted octanol–water partition coefficient (Wildman–Crippen LogP) is 2.42. The summed E-state index contributed by atoms with van der Waals surface area (Å²) in [5, 5.41) is 5.56. The van der Waals surface area contributed by atoms with Gasteiger partial charge in [0.05, 0.1) is 0 Å². The standard InChI is InChI=1S/C8H10N6O/c9-11-13-14(7-15-12-10)6-8-4-2-1-3-5-8/h1-5,7,9-10H,6H2/b11-9?,12-10?,14-7+. The lowest BCUT2D eigenvalue weighted by atomic mass is 10.2. The normalized spacial score (nSPS) is 10.5. The number of hydrogen-bond donors (Lipinski definition) is 2. The Morgan fingerprint density at radius 3 is 2.67 bits per heavy atom.